The van der Waals surface area contributed by atoms with Crippen molar-refractivity contribution >= 4 is 16.7 Å². The molecule has 2 unspecified atom stereocenters. The lowest BCUT2D eigenvalue weighted by Crippen LogP contribution is -2.07. The van der Waals surface area contributed by atoms with E-state index in [9.17, 15) is 5.11 Å². The third kappa shape index (κ3) is 2.68. The second kappa shape index (κ2) is 5.66. The van der Waals surface area contributed by atoms with Crippen molar-refractivity contribution in [2.75, 3.05) is 5.32 Å². The van der Waals surface area contributed by atoms with Crippen molar-refractivity contribution in [1.29, 1.82) is 0 Å². The highest BCUT2D eigenvalue weighted by atomic mass is 16.5. The molecule has 0 saturated heterocycles. The van der Waals surface area contributed by atoms with Crippen molar-refractivity contribution in [2.45, 2.75) is 38.5 Å². The monoisotopic (exact) mass is 312 g/mol. The number of nitrogens with zero attached hydrogens (tertiary/aromatic N) is 4. The highest BCUT2D eigenvalue weighted by Gasteiger charge is 2.25. The normalized spacial score (nSPS) is 21.1. The van der Waals surface area contributed by atoms with Crippen LogP contribution in [0.25, 0.3) is 10.9 Å². The maximum Gasteiger partial charge on any atom is 0.158 e. The first kappa shape index (κ1) is 14.2. The van der Waals surface area contributed by atoms with E-state index in [2.05, 4.69) is 25.2 Å². The summed E-state index contributed by atoms with van der Waals surface area (Å²) in [4.78, 5) is 0. The van der Waals surface area contributed by atoms with Gasteiger partial charge in [0.25, 0.3) is 0 Å². The number of anilines is 1. The minimum absolute atomic E-state index is 0.276. The number of aryl methyl sites for hydroxylation is 1. The van der Waals surface area contributed by atoms with E-state index in [0.29, 0.717) is 6.54 Å². The van der Waals surface area contributed by atoms with Gasteiger partial charge in [-0.05, 0) is 32.3 Å². The molecule has 1 radical (unpaired) electrons. The molecular formula is C16H18N5O2. The van der Waals surface area contributed by atoms with Gasteiger partial charge in [0, 0.05) is 23.7 Å². The molecule has 7 heteroatoms. The molecule has 0 spiro atoms. The van der Waals surface area contributed by atoms with E-state index in [-0.39, 0.29) is 12.1 Å². The number of hydrogen-bond acceptors (Lipinski definition) is 6. The highest BCUT2D eigenvalue weighted by Crippen LogP contribution is 2.33. The summed E-state index contributed by atoms with van der Waals surface area (Å²) in [5, 5.41) is 26.3. The van der Waals surface area contributed by atoms with Crippen LogP contribution in [0.2, 0.25) is 0 Å². The van der Waals surface area contributed by atoms with Gasteiger partial charge in [-0.15, -0.1) is 5.10 Å². The van der Waals surface area contributed by atoms with Gasteiger partial charge in [0.05, 0.1) is 24.4 Å². The Hall–Kier alpha value is -2.41. The Labute approximate surface area is 133 Å². The van der Waals surface area contributed by atoms with Crippen molar-refractivity contribution in [3.63, 3.8) is 0 Å². The maximum absolute atomic E-state index is 9.71. The number of rotatable bonds is 4. The molecule has 0 bridgehead atoms. The fourth-order valence-electron chi connectivity index (χ4n) is 3.13. The number of fused-ring (bicyclic) bond motifs is 1. The molecular weight excluding hydrogens is 294 g/mol. The summed E-state index contributed by atoms with van der Waals surface area (Å²) in [7, 11) is 0. The molecule has 1 aliphatic carbocycles. The lowest BCUT2D eigenvalue weighted by molar-refractivity contribution is 0.206. The average Bonchev–Trinajstić information content (AvgIpc) is 3.24. The Morgan fingerprint density at radius 3 is 3.13 bits per heavy atom. The van der Waals surface area contributed by atoms with Crippen LogP contribution >= 0.6 is 0 Å². The van der Waals surface area contributed by atoms with E-state index in [1.807, 2.05) is 31.7 Å². The molecule has 2 N–H and O–H groups in total. The SMILES string of the molecule is Cc1cc(CNc2nncc3c2ccn3C2C[CH]C(O)C2)no1. The Morgan fingerprint density at radius 2 is 2.39 bits per heavy atom. The molecule has 0 amide bonds. The van der Waals surface area contributed by atoms with Crippen molar-refractivity contribution in [2.24, 2.45) is 0 Å². The predicted molar refractivity (Wildman–Crippen MR) is 84.7 cm³/mol. The van der Waals surface area contributed by atoms with E-state index in [1.165, 1.54) is 0 Å². The summed E-state index contributed by atoms with van der Waals surface area (Å²) < 4.78 is 7.23. The summed E-state index contributed by atoms with van der Waals surface area (Å²) in [6.45, 7) is 2.40. The van der Waals surface area contributed by atoms with Gasteiger partial charge in [-0.25, -0.2) is 0 Å². The molecule has 1 aliphatic rings. The lowest BCUT2D eigenvalue weighted by Gasteiger charge is -2.13. The summed E-state index contributed by atoms with van der Waals surface area (Å²) in [6, 6.07) is 4.20. The Bertz CT molecular complexity index is 825. The van der Waals surface area contributed by atoms with Gasteiger partial charge in [-0.1, -0.05) is 5.16 Å². The largest absolute Gasteiger partial charge is 0.393 e. The summed E-state index contributed by atoms with van der Waals surface area (Å²) in [5.41, 5.74) is 1.85. The topological polar surface area (TPSA) is 89.0 Å². The molecule has 119 valence electrons. The quantitative estimate of drug-likeness (QED) is 0.768. The van der Waals surface area contributed by atoms with Gasteiger partial charge in [0.15, 0.2) is 5.82 Å². The summed E-state index contributed by atoms with van der Waals surface area (Å²) in [6.07, 6.45) is 7.06. The first-order valence-electron chi connectivity index (χ1n) is 7.70. The fourth-order valence-corrected chi connectivity index (χ4v) is 3.13. The smallest absolute Gasteiger partial charge is 0.158 e. The zero-order valence-electron chi connectivity index (χ0n) is 12.8. The van der Waals surface area contributed by atoms with Gasteiger partial charge in [-0.3, -0.25) is 0 Å². The van der Waals surface area contributed by atoms with Crippen molar-refractivity contribution < 1.29 is 9.63 Å². The fraction of sp³-hybridized carbons (Fsp3) is 0.375. The molecule has 1 saturated carbocycles. The number of hydrogen-bond donors (Lipinski definition) is 2. The van der Waals surface area contributed by atoms with Gasteiger partial charge in [-0.2, -0.15) is 5.10 Å². The van der Waals surface area contributed by atoms with Crippen LogP contribution in [-0.4, -0.2) is 31.1 Å². The van der Waals surface area contributed by atoms with Crippen molar-refractivity contribution in [1.82, 2.24) is 19.9 Å². The van der Waals surface area contributed by atoms with Gasteiger partial charge in [0.1, 0.15) is 11.5 Å². The van der Waals surface area contributed by atoms with E-state index in [4.69, 9.17) is 4.52 Å². The van der Waals surface area contributed by atoms with Crippen LogP contribution in [0.5, 0.6) is 0 Å². The number of aromatic nitrogens is 4. The van der Waals surface area contributed by atoms with E-state index >= 15 is 0 Å². The third-order valence-electron chi connectivity index (χ3n) is 4.25. The molecule has 3 aromatic heterocycles. The van der Waals surface area contributed by atoms with E-state index in [1.54, 1.807) is 6.20 Å². The highest BCUT2D eigenvalue weighted by molar-refractivity contribution is 5.89. The molecule has 1 fully saturated rings. The lowest BCUT2D eigenvalue weighted by atomic mass is 10.2. The van der Waals surface area contributed by atoms with Gasteiger partial charge < -0.3 is 19.5 Å². The molecule has 23 heavy (non-hydrogen) atoms. The second-order valence-corrected chi connectivity index (χ2v) is 5.93. The molecule has 4 rings (SSSR count). The molecule has 0 aromatic carbocycles. The zero-order valence-corrected chi connectivity index (χ0v) is 12.8. The Balaban J connectivity index is 1.59. The van der Waals surface area contributed by atoms with Crippen LogP contribution in [0, 0.1) is 13.3 Å². The van der Waals surface area contributed by atoms with Crippen LogP contribution in [-0.2, 0) is 6.54 Å². The third-order valence-corrected chi connectivity index (χ3v) is 4.25. The summed E-state index contributed by atoms with van der Waals surface area (Å²) >= 11 is 0. The van der Waals surface area contributed by atoms with Crippen LogP contribution in [0.1, 0.15) is 30.3 Å². The maximum atomic E-state index is 9.71. The van der Waals surface area contributed by atoms with Gasteiger partial charge in [0.2, 0.25) is 0 Å². The molecule has 0 aliphatic heterocycles. The minimum atomic E-state index is -0.319. The zero-order chi connectivity index (χ0) is 15.8. The van der Waals surface area contributed by atoms with Crippen LogP contribution in [0.15, 0.2) is 29.0 Å². The van der Waals surface area contributed by atoms with E-state index < -0.39 is 0 Å². The predicted octanol–water partition coefficient (Wildman–Crippen LogP) is 2.24. The Kier molecular flexibility index (Phi) is 3.49. The van der Waals surface area contributed by atoms with Crippen LogP contribution in [0.3, 0.4) is 0 Å². The molecule has 2 atom stereocenters. The standard InChI is InChI=1S/C16H18N5O2/c1-10-6-11(20-23-10)8-17-16-14-4-5-21(15(14)9-18-19-16)12-2-3-13(22)7-12/h3-6,9,12-13,22H,2,7-8H2,1H3,(H,17,19). The average molecular weight is 312 g/mol. The van der Waals surface area contributed by atoms with Crippen molar-refractivity contribution in [3.05, 3.63) is 42.4 Å². The molecule has 3 aromatic rings. The molecule has 3 heterocycles. The second-order valence-electron chi connectivity index (χ2n) is 5.93. The first-order valence-corrected chi connectivity index (χ1v) is 7.70. The summed E-state index contributed by atoms with van der Waals surface area (Å²) in [5.74, 6) is 1.51. The first-order chi connectivity index (χ1) is 11.2. The number of nitrogens with one attached hydrogen (secondary N) is 1. The van der Waals surface area contributed by atoms with E-state index in [0.717, 1.165) is 41.0 Å². The molecule has 7 nitrogen and oxygen atoms in total. The van der Waals surface area contributed by atoms with Crippen molar-refractivity contribution in [3.8, 4) is 0 Å². The Morgan fingerprint density at radius 1 is 1.48 bits per heavy atom. The number of aliphatic hydroxyl groups excluding tert-OH is 1. The van der Waals surface area contributed by atoms with Crippen LogP contribution in [0.4, 0.5) is 5.82 Å². The van der Waals surface area contributed by atoms with Crippen LogP contribution < -0.4 is 5.32 Å². The number of aliphatic hydroxyl groups is 1. The van der Waals surface area contributed by atoms with Gasteiger partial charge >= 0.3 is 0 Å². The minimum Gasteiger partial charge on any atom is -0.393 e.